The molecule has 114 valence electrons. The molecule has 3 nitrogen and oxygen atoms in total. The zero-order valence-electron chi connectivity index (χ0n) is 13.4. The van der Waals surface area contributed by atoms with Crippen molar-refractivity contribution in [2.75, 3.05) is 7.05 Å². The average molecular weight is 295 g/mol. The minimum Gasteiger partial charge on any atom is -0.366 e. The van der Waals surface area contributed by atoms with Crippen LogP contribution in [0.4, 0.5) is 0 Å². The SMILES string of the molecule is CN1C(=O)c2ccc(-c3ccccc3)cc2[C@@]1(O)C(C)(C)C. The molecule has 3 rings (SSSR count). The van der Waals surface area contributed by atoms with Gasteiger partial charge < -0.3 is 10.0 Å². The summed E-state index contributed by atoms with van der Waals surface area (Å²) in [6.07, 6.45) is 0. The Morgan fingerprint density at radius 2 is 1.64 bits per heavy atom. The molecule has 1 heterocycles. The van der Waals surface area contributed by atoms with Crippen LogP contribution in [0.3, 0.4) is 0 Å². The van der Waals surface area contributed by atoms with Crippen molar-refractivity contribution in [3.8, 4) is 11.1 Å². The van der Waals surface area contributed by atoms with E-state index in [2.05, 4.69) is 0 Å². The lowest BCUT2D eigenvalue weighted by Gasteiger charge is -2.42. The molecule has 1 aliphatic heterocycles. The number of hydrogen-bond donors (Lipinski definition) is 1. The number of fused-ring (bicyclic) bond motifs is 1. The fourth-order valence-corrected chi connectivity index (χ4v) is 3.24. The highest BCUT2D eigenvalue weighted by atomic mass is 16.3. The van der Waals surface area contributed by atoms with Gasteiger partial charge in [-0.2, -0.15) is 0 Å². The van der Waals surface area contributed by atoms with Crippen molar-refractivity contribution in [2.45, 2.75) is 26.5 Å². The Morgan fingerprint density at radius 3 is 2.23 bits per heavy atom. The molecule has 0 aliphatic carbocycles. The van der Waals surface area contributed by atoms with Crippen molar-refractivity contribution in [3.05, 3.63) is 59.7 Å². The molecule has 2 aromatic carbocycles. The zero-order valence-corrected chi connectivity index (χ0v) is 13.4. The summed E-state index contributed by atoms with van der Waals surface area (Å²) in [4.78, 5) is 13.9. The monoisotopic (exact) mass is 295 g/mol. The van der Waals surface area contributed by atoms with Gasteiger partial charge in [0.05, 0.1) is 0 Å². The number of carbonyl (C=O) groups excluding carboxylic acids is 1. The van der Waals surface area contributed by atoms with Gasteiger partial charge in [0.2, 0.25) is 0 Å². The van der Waals surface area contributed by atoms with E-state index in [9.17, 15) is 9.90 Å². The molecule has 0 fully saturated rings. The molecular formula is C19H21NO2. The fourth-order valence-electron chi connectivity index (χ4n) is 3.24. The van der Waals surface area contributed by atoms with Crippen LogP contribution in [0.2, 0.25) is 0 Å². The standard InChI is InChI=1S/C19H21NO2/c1-18(2,3)19(22)16-12-14(13-8-6-5-7-9-13)10-11-15(16)17(21)20(19)4/h5-12,22H,1-4H3/t19-/m1/s1. The lowest BCUT2D eigenvalue weighted by atomic mass is 9.78. The highest BCUT2D eigenvalue weighted by Crippen LogP contribution is 2.48. The van der Waals surface area contributed by atoms with Crippen molar-refractivity contribution in [3.63, 3.8) is 0 Å². The van der Waals surface area contributed by atoms with Crippen LogP contribution in [0.15, 0.2) is 48.5 Å². The van der Waals surface area contributed by atoms with Gasteiger partial charge in [-0.15, -0.1) is 0 Å². The Labute approximate surface area is 131 Å². The van der Waals surface area contributed by atoms with Gasteiger partial charge in [-0.05, 0) is 23.3 Å². The van der Waals surface area contributed by atoms with Crippen molar-refractivity contribution < 1.29 is 9.90 Å². The fraction of sp³-hybridized carbons (Fsp3) is 0.316. The highest BCUT2D eigenvalue weighted by Gasteiger charge is 2.53. The van der Waals surface area contributed by atoms with E-state index >= 15 is 0 Å². The quantitative estimate of drug-likeness (QED) is 0.872. The van der Waals surface area contributed by atoms with E-state index in [0.29, 0.717) is 11.1 Å². The molecule has 22 heavy (non-hydrogen) atoms. The molecule has 0 aromatic heterocycles. The lowest BCUT2D eigenvalue weighted by molar-refractivity contribution is -0.150. The van der Waals surface area contributed by atoms with E-state index in [1.54, 1.807) is 7.05 Å². The number of rotatable bonds is 1. The Morgan fingerprint density at radius 1 is 1.00 bits per heavy atom. The zero-order chi connectivity index (χ0) is 16.1. The summed E-state index contributed by atoms with van der Waals surface area (Å²) in [5.41, 5.74) is 1.56. The molecule has 0 spiro atoms. The molecule has 0 radical (unpaired) electrons. The molecule has 0 saturated carbocycles. The first kappa shape index (κ1) is 14.8. The molecule has 3 heteroatoms. The number of nitrogens with zero attached hydrogens (tertiary/aromatic N) is 1. The van der Waals surface area contributed by atoms with Crippen molar-refractivity contribution in [2.24, 2.45) is 5.41 Å². The number of aliphatic hydroxyl groups is 1. The van der Waals surface area contributed by atoms with Crippen LogP contribution in [-0.2, 0) is 5.72 Å². The smallest absolute Gasteiger partial charge is 0.256 e. The van der Waals surface area contributed by atoms with E-state index in [0.717, 1.165) is 11.1 Å². The van der Waals surface area contributed by atoms with E-state index in [1.807, 2.05) is 69.3 Å². The number of carbonyl (C=O) groups is 1. The Balaban J connectivity index is 2.22. The summed E-state index contributed by atoms with van der Waals surface area (Å²) in [5, 5.41) is 11.3. The molecule has 0 saturated heterocycles. The van der Waals surface area contributed by atoms with E-state index < -0.39 is 11.1 Å². The van der Waals surface area contributed by atoms with Gasteiger partial charge in [-0.25, -0.2) is 0 Å². The first-order valence-corrected chi connectivity index (χ1v) is 7.47. The first-order chi connectivity index (χ1) is 10.3. The van der Waals surface area contributed by atoms with E-state index in [-0.39, 0.29) is 5.91 Å². The minimum absolute atomic E-state index is 0.132. The summed E-state index contributed by atoms with van der Waals surface area (Å²) in [6, 6.07) is 15.7. The summed E-state index contributed by atoms with van der Waals surface area (Å²) in [7, 11) is 1.66. The summed E-state index contributed by atoms with van der Waals surface area (Å²) < 4.78 is 0. The van der Waals surface area contributed by atoms with E-state index in [1.165, 1.54) is 4.90 Å². The maximum atomic E-state index is 12.5. The van der Waals surface area contributed by atoms with E-state index in [4.69, 9.17) is 0 Å². The maximum Gasteiger partial charge on any atom is 0.256 e. The highest BCUT2D eigenvalue weighted by molar-refractivity contribution is 6.00. The summed E-state index contributed by atoms with van der Waals surface area (Å²) >= 11 is 0. The third kappa shape index (κ3) is 1.89. The van der Waals surface area contributed by atoms with Gasteiger partial charge in [-0.3, -0.25) is 4.79 Å². The summed E-state index contributed by atoms with van der Waals surface area (Å²) in [6.45, 7) is 5.84. The van der Waals surface area contributed by atoms with Gasteiger partial charge in [0.15, 0.2) is 5.72 Å². The average Bonchev–Trinajstić information content (AvgIpc) is 2.70. The maximum absolute atomic E-state index is 12.5. The van der Waals surface area contributed by atoms with Crippen LogP contribution in [0.25, 0.3) is 11.1 Å². The Kier molecular flexibility index (Phi) is 3.15. The topological polar surface area (TPSA) is 40.5 Å². The predicted molar refractivity (Wildman–Crippen MR) is 87.3 cm³/mol. The molecule has 0 bridgehead atoms. The van der Waals surface area contributed by atoms with Crippen LogP contribution >= 0.6 is 0 Å². The first-order valence-electron chi connectivity index (χ1n) is 7.47. The second kappa shape index (κ2) is 4.68. The number of hydrogen-bond acceptors (Lipinski definition) is 2. The molecule has 0 unspecified atom stereocenters. The van der Waals surface area contributed by atoms with Crippen LogP contribution in [0.1, 0.15) is 36.7 Å². The minimum atomic E-state index is -1.30. The Hall–Kier alpha value is -2.13. The molecule has 1 amide bonds. The van der Waals surface area contributed by atoms with Gasteiger partial charge in [0, 0.05) is 23.6 Å². The van der Waals surface area contributed by atoms with Gasteiger partial charge in [-0.1, -0.05) is 57.2 Å². The van der Waals surface area contributed by atoms with Crippen LogP contribution in [-0.4, -0.2) is 23.0 Å². The number of amides is 1. The molecule has 1 N–H and O–H groups in total. The molecule has 1 atom stereocenters. The molecular weight excluding hydrogens is 274 g/mol. The van der Waals surface area contributed by atoms with Gasteiger partial charge >= 0.3 is 0 Å². The van der Waals surface area contributed by atoms with Crippen LogP contribution < -0.4 is 0 Å². The normalized spacial score (nSPS) is 21.1. The predicted octanol–water partition coefficient (Wildman–Crippen LogP) is 3.63. The third-order valence-corrected chi connectivity index (χ3v) is 4.57. The van der Waals surface area contributed by atoms with Crippen molar-refractivity contribution in [1.29, 1.82) is 0 Å². The number of benzene rings is 2. The second-order valence-electron chi connectivity index (χ2n) is 6.91. The second-order valence-corrected chi connectivity index (χ2v) is 6.91. The third-order valence-electron chi connectivity index (χ3n) is 4.57. The van der Waals surface area contributed by atoms with Crippen molar-refractivity contribution >= 4 is 5.91 Å². The Bertz CT molecular complexity index is 731. The van der Waals surface area contributed by atoms with Crippen molar-refractivity contribution in [1.82, 2.24) is 4.90 Å². The van der Waals surface area contributed by atoms with Crippen LogP contribution in [0.5, 0.6) is 0 Å². The van der Waals surface area contributed by atoms with Gasteiger partial charge in [0.25, 0.3) is 5.91 Å². The molecule has 2 aromatic rings. The molecule has 1 aliphatic rings. The lowest BCUT2D eigenvalue weighted by Crippen LogP contribution is -2.50. The summed E-state index contributed by atoms with van der Waals surface area (Å²) in [5.74, 6) is -0.132. The van der Waals surface area contributed by atoms with Crippen LogP contribution in [0, 0.1) is 5.41 Å². The van der Waals surface area contributed by atoms with Gasteiger partial charge in [0.1, 0.15) is 0 Å². The largest absolute Gasteiger partial charge is 0.366 e.